The van der Waals surface area contributed by atoms with Gasteiger partial charge >= 0.3 is 12.0 Å². The second kappa shape index (κ2) is 9.91. The van der Waals surface area contributed by atoms with Crippen molar-refractivity contribution in [3.8, 4) is 0 Å². The number of nitrogens with zero attached hydrogens (tertiary/aromatic N) is 1. The Bertz CT molecular complexity index is 898. The zero-order chi connectivity index (χ0) is 21.5. The average molecular weight is 409 g/mol. The highest BCUT2D eigenvalue weighted by Crippen LogP contribution is 2.26. The average Bonchev–Trinajstić information content (AvgIpc) is 2.75. The first-order valence-electron chi connectivity index (χ1n) is 10.1. The third kappa shape index (κ3) is 5.37. The van der Waals surface area contributed by atoms with Gasteiger partial charge in [0.25, 0.3) is 5.91 Å². The number of nitrogens with one attached hydrogen (secondary N) is 2. The maximum absolute atomic E-state index is 12.7. The molecule has 7 nitrogen and oxygen atoms in total. The van der Waals surface area contributed by atoms with E-state index in [1.807, 2.05) is 30.3 Å². The minimum absolute atomic E-state index is 0.204. The molecule has 1 aliphatic heterocycles. The molecule has 7 heteroatoms. The first-order chi connectivity index (χ1) is 14.5. The van der Waals surface area contributed by atoms with Gasteiger partial charge in [-0.25, -0.2) is 9.59 Å². The minimum Gasteiger partial charge on any atom is -0.454 e. The summed E-state index contributed by atoms with van der Waals surface area (Å²) in [5.74, 6) is -1.11. The van der Waals surface area contributed by atoms with Gasteiger partial charge in [-0.2, -0.15) is 0 Å². The number of hydrogen-bond donors (Lipinski definition) is 2. The van der Waals surface area contributed by atoms with E-state index in [1.165, 1.54) is 0 Å². The predicted octanol–water partition coefficient (Wildman–Crippen LogP) is 3.36. The quantitative estimate of drug-likeness (QED) is 0.716. The number of ether oxygens (including phenoxy) is 1. The summed E-state index contributed by atoms with van der Waals surface area (Å²) >= 11 is 0. The highest BCUT2D eigenvalue weighted by molar-refractivity contribution is 5.97. The number of amides is 3. The fraction of sp³-hybridized carbons (Fsp3) is 0.348. The number of rotatable bonds is 6. The van der Waals surface area contributed by atoms with E-state index in [2.05, 4.69) is 10.6 Å². The van der Waals surface area contributed by atoms with Crippen LogP contribution in [0.1, 0.15) is 25.8 Å². The normalized spacial score (nSPS) is 13.9. The van der Waals surface area contributed by atoms with Crippen molar-refractivity contribution in [1.29, 1.82) is 0 Å². The molecule has 0 saturated heterocycles. The summed E-state index contributed by atoms with van der Waals surface area (Å²) in [5.41, 5.74) is 2.60. The van der Waals surface area contributed by atoms with E-state index in [0.717, 1.165) is 24.1 Å². The van der Waals surface area contributed by atoms with Gasteiger partial charge in [0, 0.05) is 17.9 Å². The van der Waals surface area contributed by atoms with Crippen LogP contribution in [-0.2, 0) is 20.7 Å². The van der Waals surface area contributed by atoms with Gasteiger partial charge in [-0.15, -0.1) is 0 Å². The van der Waals surface area contributed by atoms with Gasteiger partial charge < -0.3 is 20.3 Å². The van der Waals surface area contributed by atoms with E-state index < -0.39 is 18.0 Å². The molecule has 2 N–H and O–H groups in total. The van der Waals surface area contributed by atoms with Gasteiger partial charge in [0.15, 0.2) is 6.61 Å². The van der Waals surface area contributed by atoms with Gasteiger partial charge in [0.05, 0.1) is 0 Å². The number of benzene rings is 2. The maximum atomic E-state index is 12.7. The van der Waals surface area contributed by atoms with Crippen molar-refractivity contribution in [3.05, 3.63) is 60.2 Å². The number of esters is 1. The summed E-state index contributed by atoms with van der Waals surface area (Å²) in [4.78, 5) is 39.1. The molecular formula is C23H27N3O4. The van der Waals surface area contributed by atoms with Gasteiger partial charge in [-0.05, 0) is 42.5 Å². The van der Waals surface area contributed by atoms with Crippen molar-refractivity contribution >= 4 is 29.3 Å². The van der Waals surface area contributed by atoms with Crippen molar-refractivity contribution in [2.75, 3.05) is 23.4 Å². The van der Waals surface area contributed by atoms with Crippen LogP contribution < -0.4 is 15.5 Å². The van der Waals surface area contributed by atoms with Crippen LogP contribution in [0, 0.1) is 5.92 Å². The molecule has 0 fully saturated rings. The monoisotopic (exact) mass is 409 g/mol. The Morgan fingerprint density at radius 2 is 1.73 bits per heavy atom. The Labute approximate surface area is 176 Å². The van der Waals surface area contributed by atoms with E-state index in [9.17, 15) is 14.4 Å². The van der Waals surface area contributed by atoms with Gasteiger partial charge in [0.2, 0.25) is 0 Å². The largest absolute Gasteiger partial charge is 0.454 e. The van der Waals surface area contributed by atoms with Crippen molar-refractivity contribution < 1.29 is 19.1 Å². The summed E-state index contributed by atoms with van der Waals surface area (Å²) in [7, 11) is 0. The number of carbonyl (C=O) groups is 3. The van der Waals surface area contributed by atoms with Crippen LogP contribution in [0.25, 0.3) is 0 Å². The van der Waals surface area contributed by atoms with Gasteiger partial charge in [-0.3, -0.25) is 4.79 Å². The molecule has 2 aromatic carbocycles. The molecule has 1 aliphatic rings. The topological polar surface area (TPSA) is 87.7 Å². The second-order valence-corrected chi connectivity index (χ2v) is 7.57. The number of anilines is 2. The summed E-state index contributed by atoms with van der Waals surface area (Å²) in [6.07, 6.45) is 1.79. The summed E-state index contributed by atoms with van der Waals surface area (Å²) in [5, 5.41) is 5.31. The lowest BCUT2D eigenvalue weighted by Crippen LogP contribution is -2.48. The smallest absolute Gasteiger partial charge is 0.329 e. The molecule has 3 amide bonds. The van der Waals surface area contributed by atoms with Crippen molar-refractivity contribution in [3.63, 3.8) is 0 Å². The van der Waals surface area contributed by atoms with Crippen LogP contribution in [0.2, 0.25) is 0 Å². The fourth-order valence-corrected chi connectivity index (χ4v) is 3.42. The highest BCUT2D eigenvalue weighted by atomic mass is 16.5. The number of para-hydroxylation sites is 2. The Balaban J connectivity index is 1.56. The lowest BCUT2D eigenvalue weighted by Gasteiger charge is -2.29. The third-order valence-corrected chi connectivity index (χ3v) is 4.99. The standard InChI is InChI=1S/C23H27N3O4/c1-16(2)21(25-23(29)24-18-11-4-3-5-12-18)22(28)30-15-20(27)26-14-8-10-17-9-6-7-13-19(17)26/h3-7,9,11-13,16,21H,8,10,14-15H2,1-2H3,(H2,24,25,29)/t21-/m1/s1. The SMILES string of the molecule is CC(C)[C@@H](NC(=O)Nc1ccccc1)C(=O)OCC(=O)N1CCCc2ccccc21. The zero-order valence-corrected chi connectivity index (χ0v) is 17.3. The highest BCUT2D eigenvalue weighted by Gasteiger charge is 2.28. The molecule has 0 unspecified atom stereocenters. The number of urea groups is 1. The number of aryl methyl sites for hydroxylation is 1. The minimum atomic E-state index is -0.866. The molecule has 30 heavy (non-hydrogen) atoms. The molecule has 0 saturated carbocycles. The van der Waals surface area contributed by atoms with Gasteiger partial charge in [-0.1, -0.05) is 50.2 Å². The third-order valence-electron chi connectivity index (χ3n) is 4.99. The molecule has 158 valence electrons. The van der Waals surface area contributed by atoms with E-state index in [-0.39, 0.29) is 18.4 Å². The molecule has 3 rings (SSSR count). The molecule has 0 aliphatic carbocycles. The fourth-order valence-electron chi connectivity index (χ4n) is 3.42. The Morgan fingerprint density at radius 3 is 2.47 bits per heavy atom. The maximum Gasteiger partial charge on any atom is 0.329 e. The van der Waals surface area contributed by atoms with Crippen LogP contribution in [0.5, 0.6) is 0 Å². The lowest BCUT2D eigenvalue weighted by molar-refractivity contribution is -0.150. The van der Waals surface area contributed by atoms with E-state index in [0.29, 0.717) is 12.2 Å². The molecule has 1 atom stereocenters. The molecule has 0 spiro atoms. The van der Waals surface area contributed by atoms with Crippen LogP contribution in [0.4, 0.5) is 16.2 Å². The molecule has 0 aromatic heterocycles. The van der Waals surface area contributed by atoms with Crippen LogP contribution in [0.3, 0.4) is 0 Å². The van der Waals surface area contributed by atoms with Crippen molar-refractivity contribution in [2.24, 2.45) is 5.92 Å². The van der Waals surface area contributed by atoms with Gasteiger partial charge in [0.1, 0.15) is 6.04 Å². The first-order valence-corrected chi connectivity index (χ1v) is 10.1. The zero-order valence-electron chi connectivity index (χ0n) is 17.3. The van der Waals surface area contributed by atoms with Crippen LogP contribution in [-0.4, -0.2) is 37.1 Å². The number of hydrogen-bond acceptors (Lipinski definition) is 4. The molecular weight excluding hydrogens is 382 g/mol. The molecule has 2 aromatic rings. The van der Waals surface area contributed by atoms with Crippen molar-refractivity contribution in [2.45, 2.75) is 32.7 Å². The molecule has 1 heterocycles. The first kappa shape index (κ1) is 21.4. The number of carbonyl (C=O) groups excluding carboxylic acids is 3. The molecule has 0 radical (unpaired) electrons. The van der Waals surface area contributed by atoms with Crippen LogP contribution in [0.15, 0.2) is 54.6 Å². The Kier molecular flexibility index (Phi) is 7.06. The summed E-state index contributed by atoms with van der Waals surface area (Å²) in [6.45, 7) is 3.84. The summed E-state index contributed by atoms with van der Waals surface area (Å²) < 4.78 is 5.27. The number of fused-ring (bicyclic) bond motifs is 1. The van der Waals surface area contributed by atoms with E-state index >= 15 is 0 Å². The van der Waals surface area contributed by atoms with Crippen molar-refractivity contribution in [1.82, 2.24) is 5.32 Å². The Morgan fingerprint density at radius 1 is 1.03 bits per heavy atom. The molecule has 0 bridgehead atoms. The Hall–Kier alpha value is -3.35. The second-order valence-electron chi connectivity index (χ2n) is 7.57. The van der Waals surface area contributed by atoms with Crippen LogP contribution >= 0.6 is 0 Å². The lowest BCUT2D eigenvalue weighted by atomic mass is 10.0. The van der Waals surface area contributed by atoms with E-state index in [4.69, 9.17) is 4.74 Å². The predicted molar refractivity (Wildman–Crippen MR) is 115 cm³/mol. The van der Waals surface area contributed by atoms with E-state index in [1.54, 1.807) is 43.0 Å². The summed E-state index contributed by atoms with van der Waals surface area (Å²) in [6, 6.07) is 15.3.